The van der Waals surface area contributed by atoms with Crippen LogP contribution in [0.4, 0.5) is 0 Å². The first kappa shape index (κ1) is 35.4. The van der Waals surface area contributed by atoms with Crippen LogP contribution in [0, 0.1) is 13.8 Å². The van der Waals surface area contributed by atoms with Crippen LogP contribution in [0.3, 0.4) is 0 Å². The summed E-state index contributed by atoms with van der Waals surface area (Å²) in [4.78, 5) is 28.3. The van der Waals surface area contributed by atoms with Crippen LogP contribution in [0.1, 0.15) is 11.6 Å². The summed E-state index contributed by atoms with van der Waals surface area (Å²) in [6.07, 6.45) is 0. The summed E-state index contributed by atoms with van der Waals surface area (Å²) in [6, 6.07) is 55.0. The van der Waals surface area contributed by atoms with E-state index < -0.39 is 0 Å². The van der Waals surface area contributed by atoms with E-state index in [0.717, 1.165) is 39.7 Å². The van der Waals surface area contributed by atoms with E-state index in [4.69, 9.17) is 9.97 Å². The largest absolute Gasteiger partial charge is 0.213 e. The molecule has 12 aromatic rings. The van der Waals surface area contributed by atoms with Crippen molar-refractivity contribution in [3.05, 3.63) is 169 Å². The summed E-state index contributed by atoms with van der Waals surface area (Å²) in [6.45, 7) is 3.86. The molecule has 0 saturated heterocycles. The van der Waals surface area contributed by atoms with Gasteiger partial charge < -0.3 is 0 Å². The molecule has 0 spiro atoms. The van der Waals surface area contributed by atoms with Gasteiger partial charge in [0.05, 0.1) is 0 Å². The molecule has 0 aliphatic heterocycles. The standard InChI is InChI=1S/C28H17N3S2.C22H15N3S/c1-16-29-27(17-10-12-25-21(14-17)19-6-2-4-8-23(19)32-25)31-28(30-16)18-11-13-26-22(15-18)20-7-3-5-9-24(20)33-26;1-14-23-21(15-8-3-2-4-9-15)25-22(24-14)17-11-7-13-19-20(17)16-10-5-6-12-18(16)26-19/h2-15H,1H3;2-13H,1H3. The molecule has 0 aliphatic carbocycles. The van der Waals surface area contributed by atoms with Gasteiger partial charge >= 0.3 is 0 Å². The van der Waals surface area contributed by atoms with Crippen molar-refractivity contribution in [3.63, 3.8) is 0 Å². The SMILES string of the molecule is Cc1nc(-c2ccc3sc4ccccc4c3c2)nc(-c2ccc3sc4ccccc4c3c2)n1.Cc1nc(-c2ccccc2)nc(-c2cccc3sc4ccccc4c23)n1. The Hall–Kier alpha value is -6.78. The summed E-state index contributed by atoms with van der Waals surface area (Å²) >= 11 is 5.44. The van der Waals surface area contributed by atoms with Gasteiger partial charge in [0.25, 0.3) is 0 Å². The lowest BCUT2D eigenvalue weighted by Gasteiger charge is -2.07. The van der Waals surface area contributed by atoms with Gasteiger partial charge in [-0.05, 0) is 74.5 Å². The highest BCUT2D eigenvalue weighted by Crippen LogP contribution is 2.40. The molecule has 9 heteroatoms. The zero-order chi connectivity index (χ0) is 39.5. The van der Waals surface area contributed by atoms with Gasteiger partial charge in [-0.3, -0.25) is 0 Å². The van der Waals surface area contributed by atoms with Crippen LogP contribution < -0.4 is 0 Å². The van der Waals surface area contributed by atoms with E-state index in [9.17, 15) is 0 Å². The lowest BCUT2D eigenvalue weighted by atomic mass is 10.1. The van der Waals surface area contributed by atoms with Crippen LogP contribution in [-0.2, 0) is 0 Å². The molecule has 7 aromatic carbocycles. The van der Waals surface area contributed by atoms with Crippen molar-refractivity contribution in [3.8, 4) is 45.6 Å². The van der Waals surface area contributed by atoms with Gasteiger partial charge in [0.1, 0.15) is 11.6 Å². The molecule has 59 heavy (non-hydrogen) atoms. The molecule has 0 aliphatic rings. The average Bonchev–Trinajstić information content (AvgIpc) is 3.97. The lowest BCUT2D eigenvalue weighted by molar-refractivity contribution is 0.992. The second kappa shape index (κ2) is 14.6. The minimum atomic E-state index is 0.713. The molecule has 6 nitrogen and oxygen atoms in total. The summed E-state index contributed by atoms with van der Waals surface area (Å²) in [5, 5.41) is 7.53. The van der Waals surface area contributed by atoms with Crippen LogP contribution in [-0.4, -0.2) is 29.9 Å². The summed E-state index contributed by atoms with van der Waals surface area (Å²) in [7, 11) is 0. The molecule has 12 rings (SSSR count). The number of aromatic nitrogens is 6. The van der Waals surface area contributed by atoms with Crippen LogP contribution in [0.5, 0.6) is 0 Å². The first-order valence-electron chi connectivity index (χ1n) is 19.3. The van der Waals surface area contributed by atoms with E-state index in [2.05, 4.69) is 147 Å². The summed E-state index contributed by atoms with van der Waals surface area (Å²) in [5.74, 6) is 4.32. The fourth-order valence-electron chi connectivity index (χ4n) is 7.75. The average molecular weight is 813 g/mol. The van der Waals surface area contributed by atoms with Gasteiger partial charge in [0, 0.05) is 82.8 Å². The Labute approximate surface area is 351 Å². The maximum Gasteiger partial charge on any atom is 0.164 e. The van der Waals surface area contributed by atoms with E-state index in [1.165, 1.54) is 60.5 Å². The number of rotatable bonds is 4. The molecule has 0 atom stereocenters. The molecule has 0 amide bonds. The first-order valence-corrected chi connectivity index (χ1v) is 21.7. The topological polar surface area (TPSA) is 77.3 Å². The highest BCUT2D eigenvalue weighted by molar-refractivity contribution is 7.26. The number of fused-ring (bicyclic) bond motifs is 9. The second-order valence-corrected chi connectivity index (χ2v) is 17.6. The minimum absolute atomic E-state index is 0.713. The Balaban J connectivity index is 0.000000139. The molecule has 0 saturated carbocycles. The second-order valence-electron chi connectivity index (χ2n) is 14.3. The number of hydrogen-bond donors (Lipinski definition) is 0. The maximum atomic E-state index is 4.90. The Morgan fingerprint density at radius 1 is 0.305 bits per heavy atom. The Morgan fingerprint density at radius 3 is 1.32 bits per heavy atom. The van der Waals surface area contributed by atoms with E-state index in [-0.39, 0.29) is 0 Å². The van der Waals surface area contributed by atoms with E-state index >= 15 is 0 Å². The number of benzene rings is 7. The van der Waals surface area contributed by atoms with Gasteiger partial charge in [0.2, 0.25) is 0 Å². The van der Waals surface area contributed by atoms with Crippen LogP contribution >= 0.6 is 34.0 Å². The van der Waals surface area contributed by atoms with Crippen LogP contribution in [0.25, 0.3) is 106 Å². The lowest BCUT2D eigenvalue weighted by Crippen LogP contribution is -1.99. The summed E-state index contributed by atoms with van der Waals surface area (Å²) in [5.41, 5.74) is 4.09. The molecular formula is C50H32N6S3. The fraction of sp³-hybridized carbons (Fsp3) is 0.0400. The highest BCUT2D eigenvalue weighted by Gasteiger charge is 2.16. The quantitative estimate of drug-likeness (QED) is 0.176. The monoisotopic (exact) mass is 812 g/mol. The number of hydrogen-bond acceptors (Lipinski definition) is 9. The third-order valence-corrected chi connectivity index (χ3v) is 13.9. The van der Waals surface area contributed by atoms with Crippen LogP contribution in [0.15, 0.2) is 158 Å². The highest BCUT2D eigenvalue weighted by atomic mass is 32.1. The van der Waals surface area contributed by atoms with Crippen molar-refractivity contribution in [2.75, 3.05) is 0 Å². The molecular weight excluding hydrogens is 781 g/mol. The van der Waals surface area contributed by atoms with Gasteiger partial charge in [0.15, 0.2) is 23.3 Å². The Morgan fingerprint density at radius 2 is 0.729 bits per heavy atom. The zero-order valence-corrected chi connectivity index (χ0v) is 34.4. The van der Waals surface area contributed by atoms with Gasteiger partial charge in [-0.2, -0.15) is 0 Å². The van der Waals surface area contributed by atoms with Crippen molar-refractivity contribution in [2.24, 2.45) is 0 Å². The number of aryl methyl sites for hydroxylation is 2. The van der Waals surface area contributed by atoms with Gasteiger partial charge in [-0.1, -0.05) is 97.1 Å². The van der Waals surface area contributed by atoms with Gasteiger partial charge in [-0.15, -0.1) is 34.0 Å². The predicted molar refractivity (Wildman–Crippen MR) is 250 cm³/mol. The maximum absolute atomic E-state index is 4.90. The molecule has 5 heterocycles. The molecule has 280 valence electrons. The Kier molecular flexibility index (Phi) is 8.73. The van der Waals surface area contributed by atoms with E-state index in [0.29, 0.717) is 17.5 Å². The van der Waals surface area contributed by atoms with Crippen LogP contribution in [0.2, 0.25) is 0 Å². The van der Waals surface area contributed by atoms with Crippen molar-refractivity contribution < 1.29 is 0 Å². The molecule has 0 radical (unpaired) electrons. The predicted octanol–water partition coefficient (Wildman–Crippen LogP) is 14.1. The molecule has 0 unspecified atom stereocenters. The molecule has 0 bridgehead atoms. The number of thiophene rings is 3. The van der Waals surface area contributed by atoms with Crippen molar-refractivity contribution >= 4 is 94.5 Å². The normalized spacial score (nSPS) is 11.6. The molecule has 0 N–H and O–H groups in total. The molecule has 5 aromatic heterocycles. The molecule has 0 fully saturated rings. The smallest absolute Gasteiger partial charge is 0.164 e. The van der Waals surface area contributed by atoms with E-state index in [1.54, 1.807) is 11.3 Å². The third kappa shape index (κ3) is 6.50. The minimum Gasteiger partial charge on any atom is -0.213 e. The van der Waals surface area contributed by atoms with Crippen molar-refractivity contribution in [1.29, 1.82) is 0 Å². The van der Waals surface area contributed by atoms with Gasteiger partial charge in [-0.25, -0.2) is 29.9 Å². The fourth-order valence-corrected chi connectivity index (χ4v) is 11.1. The zero-order valence-electron chi connectivity index (χ0n) is 31.9. The number of nitrogens with zero attached hydrogens (tertiary/aromatic N) is 6. The van der Waals surface area contributed by atoms with Crippen molar-refractivity contribution in [1.82, 2.24) is 29.9 Å². The van der Waals surface area contributed by atoms with E-state index in [1.807, 2.05) is 66.9 Å². The van der Waals surface area contributed by atoms with Crippen molar-refractivity contribution in [2.45, 2.75) is 13.8 Å². The first-order chi connectivity index (χ1) is 29.0. The summed E-state index contributed by atoms with van der Waals surface area (Å²) < 4.78 is 7.69. The third-order valence-electron chi connectivity index (χ3n) is 10.4. The Bertz CT molecular complexity index is 3420.